The highest BCUT2D eigenvalue weighted by atomic mass is 35.5. The molecule has 2 aromatic heterocycles. The Morgan fingerprint density at radius 2 is 1.94 bits per heavy atom. The fourth-order valence-corrected chi connectivity index (χ4v) is 3.66. The van der Waals surface area contributed by atoms with Gasteiger partial charge in [0.15, 0.2) is 0 Å². The zero-order chi connectivity index (χ0) is 24.4. The Hall–Kier alpha value is -3.12. The molecule has 0 radical (unpaired) electrons. The van der Waals surface area contributed by atoms with Crippen LogP contribution in [-0.2, 0) is 14.4 Å². The van der Waals surface area contributed by atoms with Gasteiger partial charge < -0.3 is 20.6 Å². The van der Waals surface area contributed by atoms with E-state index < -0.39 is 18.2 Å². The topological polar surface area (TPSA) is 112 Å². The first kappa shape index (κ1) is 26.1. The second kappa shape index (κ2) is 12.2. The number of nitrogens with one attached hydrogen (secondary N) is 2. The maximum absolute atomic E-state index is 12.4. The zero-order valence-electron chi connectivity index (χ0n) is 17.0. The Morgan fingerprint density at radius 3 is 2.52 bits per heavy atom. The zero-order valence-corrected chi connectivity index (χ0v) is 18.6. The number of pyridine rings is 1. The summed E-state index contributed by atoms with van der Waals surface area (Å²) in [5, 5.41) is 13.1. The van der Waals surface area contributed by atoms with E-state index in [1.54, 1.807) is 29.4 Å². The SMILES string of the molecule is O=C(/C=C/c1ccc(Cl)s1)NC1CCN(CCNc2ccncc2)C1=O.O=C(O)C(F)(F)F. The molecule has 1 atom stereocenters. The van der Waals surface area contributed by atoms with Crippen molar-refractivity contribution in [3.8, 4) is 0 Å². The summed E-state index contributed by atoms with van der Waals surface area (Å²) < 4.78 is 32.4. The van der Waals surface area contributed by atoms with Crippen molar-refractivity contribution in [3.05, 3.63) is 51.9 Å². The molecular weight excluding hydrogens is 485 g/mol. The van der Waals surface area contributed by atoms with Crippen LogP contribution in [0.5, 0.6) is 0 Å². The monoisotopic (exact) mass is 504 g/mol. The number of aliphatic carboxylic acids is 1. The Balaban J connectivity index is 0.000000479. The van der Waals surface area contributed by atoms with Crippen LogP contribution in [0.1, 0.15) is 11.3 Å². The molecular formula is C20H20ClF3N4O4S. The van der Waals surface area contributed by atoms with Crippen molar-refractivity contribution in [3.63, 3.8) is 0 Å². The molecule has 178 valence electrons. The summed E-state index contributed by atoms with van der Waals surface area (Å²) in [6.07, 6.45) is 2.10. The van der Waals surface area contributed by atoms with Gasteiger partial charge in [-0.25, -0.2) is 4.79 Å². The van der Waals surface area contributed by atoms with E-state index in [2.05, 4.69) is 15.6 Å². The van der Waals surface area contributed by atoms with E-state index in [9.17, 15) is 22.8 Å². The Labute approximate surface area is 196 Å². The van der Waals surface area contributed by atoms with Gasteiger partial charge in [-0.05, 0) is 36.8 Å². The van der Waals surface area contributed by atoms with E-state index >= 15 is 0 Å². The molecule has 1 aliphatic heterocycles. The number of amides is 2. The van der Waals surface area contributed by atoms with Crippen molar-refractivity contribution >= 4 is 52.5 Å². The number of carboxylic acids is 1. The van der Waals surface area contributed by atoms with Crippen LogP contribution in [0.2, 0.25) is 4.34 Å². The lowest BCUT2D eigenvalue weighted by molar-refractivity contribution is -0.192. The van der Waals surface area contributed by atoms with Crippen LogP contribution in [0.3, 0.4) is 0 Å². The average molecular weight is 505 g/mol. The largest absolute Gasteiger partial charge is 0.490 e. The minimum Gasteiger partial charge on any atom is -0.475 e. The number of carbonyl (C=O) groups excluding carboxylic acids is 2. The molecule has 1 saturated heterocycles. The maximum atomic E-state index is 12.4. The number of hydrogen-bond acceptors (Lipinski definition) is 6. The van der Waals surface area contributed by atoms with Crippen LogP contribution in [0, 0.1) is 0 Å². The fourth-order valence-electron chi connectivity index (χ4n) is 2.70. The first-order valence-corrected chi connectivity index (χ1v) is 10.7. The predicted octanol–water partition coefficient (Wildman–Crippen LogP) is 3.27. The van der Waals surface area contributed by atoms with E-state index in [4.69, 9.17) is 21.5 Å². The molecule has 3 heterocycles. The van der Waals surface area contributed by atoms with Gasteiger partial charge in [0, 0.05) is 48.7 Å². The number of anilines is 1. The molecule has 2 amide bonds. The van der Waals surface area contributed by atoms with Gasteiger partial charge in [0.1, 0.15) is 6.04 Å². The molecule has 0 aromatic carbocycles. The van der Waals surface area contributed by atoms with Crippen LogP contribution < -0.4 is 10.6 Å². The Morgan fingerprint density at radius 1 is 1.27 bits per heavy atom. The van der Waals surface area contributed by atoms with Gasteiger partial charge in [-0.15, -0.1) is 11.3 Å². The van der Waals surface area contributed by atoms with Crippen LogP contribution in [0.4, 0.5) is 18.9 Å². The van der Waals surface area contributed by atoms with Gasteiger partial charge in [-0.1, -0.05) is 11.6 Å². The molecule has 3 rings (SSSR count). The summed E-state index contributed by atoms with van der Waals surface area (Å²) in [7, 11) is 0. The van der Waals surface area contributed by atoms with Gasteiger partial charge in [0.25, 0.3) is 0 Å². The van der Waals surface area contributed by atoms with E-state index in [0.29, 0.717) is 30.4 Å². The Bertz CT molecular complexity index is 985. The van der Waals surface area contributed by atoms with Crippen molar-refractivity contribution in [1.82, 2.24) is 15.2 Å². The number of carbonyl (C=O) groups is 3. The van der Waals surface area contributed by atoms with Gasteiger partial charge in [-0.2, -0.15) is 13.2 Å². The minimum atomic E-state index is -5.08. The fraction of sp³-hybridized carbons (Fsp3) is 0.300. The number of rotatable bonds is 7. The van der Waals surface area contributed by atoms with E-state index in [-0.39, 0.29) is 11.8 Å². The Kier molecular flexibility index (Phi) is 9.67. The second-order valence-corrected chi connectivity index (χ2v) is 8.36. The van der Waals surface area contributed by atoms with Crippen molar-refractivity contribution in [2.75, 3.05) is 25.0 Å². The van der Waals surface area contributed by atoms with Gasteiger partial charge >= 0.3 is 12.1 Å². The maximum Gasteiger partial charge on any atom is 0.490 e. The summed E-state index contributed by atoms with van der Waals surface area (Å²) in [6.45, 7) is 1.89. The predicted molar refractivity (Wildman–Crippen MR) is 118 cm³/mol. The van der Waals surface area contributed by atoms with Crippen molar-refractivity contribution < 1.29 is 32.7 Å². The summed E-state index contributed by atoms with van der Waals surface area (Å²) in [5.74, 6) is -3.07. The minimum absolute atomic E-state index is 0.0394. The first-order valence-electron chi connectivity index (χ1n) is 9.53. The van der Waals surface area contributed by atoms with Crippen LogP contribution in [0.25, 0.3) is 6.08 Å². The summed E-state index contributed by atoms with van der Waals surface area (Å²) in [4.78, 5) is 39.9. The molecule has 0 saturated carbocycles. The quantitative estimate of drug-likeness (QED) is 0.499. The van der Waals surface area contributed by atoms with Crippen LogP contribution >= 0.6 is 22.9 Å². The lowest BCUT2D eigenvalue weighted by Gasteiger charge is -2.17. The summed E-state index contributed by atoms with van der Waals surface area (Å²) >= 11 is 7.25. The third-order valence-corrected chi connectivity index (χ3v) is 5.44. The average Bonchev–Trinajstić information content (AvgIpc) is 3.33. The number of likely N-dealkylation sites (tertiary alicyclic amines) is 1. The molecule has 13 heteroatoms. The second-order valence-electron chi connectivity index (χ2n) is 6.62. The number of alkyl halides is 3. The molecule has 0 spiro atoms. The van der Waals surface area contributed by atoms with Crippen molar-refractivity contribution in [2.24, 2.45) is 0 Å². The van der Waals surface area contributed by atoms with E-state index in [1.807, 2.05) is 18.2 Å². The standard InChI is InChI=1S/C18H19ClN4O2S.C2HF3O2/c19-16-3-1-14(26-16)2-4-17(24)22-15-7-11-23(18(15)25)12-10-21-13-5-8-20-9-6-13;3-2(4,5)1(6)7/h1-6,8-9,15H,7,10-12H2,(H,20,21)(H,22,24);(H,6,7)/b4-2+;. The lowest BCUT2D eigenvalue weighted by atomic mass is 10.2. The number of hydrogen-bond donors (Lipinski definition) is 3. The molecule has 2 aromatic rings. The molecule has 0 bridgehead atoms. The van der Waals surface area contributed by atoms with Crippen LogP contribution in [-0.4, -0.2) is 64.6 Å². The number of aromatic nitrogens is 1. The number of carboxylic acid groups (broad SMARTS) is 1. The van der Waals surface area contributed by atoms with Gasteiger partial charge in [0.05, 0.1) is 4.34 Å². The van der Waals surface area contributed by atoms with Gasteiger partial charge in [-0.3, -0.25) is 14.6 Å². The first-order chi connectivity index (χ1) is 15.6. The van der Waals surface area contributed by atoms with Crippen molar-refractivity contribution in [2.45, 2.75) is 18.6 Å². The molecule has 3 N–H and O–H groups in total. The third kappa shape index (κ3) is 9.10. The molecule has 8 nitrogen and oxygen atoms in total. The smallest absolute Gasteiger partial charge is 0.475 e. The molecule has 1 aliphatic rings. The van der Waals surface area contributed by atoms with Crippen molar-refractivity contribution in [1.29, 1.82) is 0 Å². The number of nitrogens with zero attached hydrogens (tertiary/aromatic N) is 2. The van der Waals surface area contributed by atoms with E-state index in [1.165, 1.54) is 17.4 Å². The molecule has 0 aliphatic carbocycles. The highest BCUT2D eigenvalue weighted by molar-refractivity contribution is 7.17. The third-order valence-electron chi connectivity index (χ3n) is 4.24. The molecule has 1 unspecified atom stereocenters. The highest BCUT2D eigenvalue weighted by Gasteiger charge is 2.38. The van der Waals surface area contributed by atoms with Crippen LogP contribution in [0.15, 0.2) is 42.7 Å². The normalized spacial score (nSPS) is 15.8. The van der Waals surface area contributed by atoms with Gasteiger partial charge in [0.2, 0.25) is 11.8 Å². The summed E-state index contributed by atoms with van der Waals surface area (Å²) in [5.41, 5.74) is 0.968. The number of thiophene rings is 1. The molecule has 1 fully saturated rings. The highest BCUT2D eigenvalue weighted by Crippen LogP contribution is 2.22. The summed E-state index contributed by atoms with van der Waals surface area (Å²) in [6, 6.07) is 6.92. The molecule has 33 heavy (non-hydrogen) atoms. The van der Waals surface area contributed by atoms with E-state index in [0.717, 1.165) is 10.6 Å². The lowest BCUT2D eigenvalue weighted by Crippen LogP contribution is -2.41. The number of halogens is 4.